The number of benzene rings is 2. The van der Waals surface area contributed by atoms with Crippen molar-refractivity contribution in [2.75, 3.05) is 51.4 Å². The number of amides is 2. The zero-order chi connectivity index (χ0) is 23.5. The smallest absolute Gasteiger partial charge is 0.322 e. The molecule has 0 spiro atoms. The van der Waals surface area contributed by atoms with Crippen molar-refractivity contribution in [2.24, 2.45) is 4.99 Å². The highest BCUT2D eigenvalue weighted by molar-refractivity contribution is 6.04. The number of fused-ring (bicyclic) bond motifs is 1. The number of morpholine rings is 1. The van der Waals surface area contributed by atoms with E-state index < -0.39 is 5.60 Å². The number of hydrogen-bond acceptors (Lipinski definition) is 6. The molecule has 0 radical (unpaired) electrons. The van der Waals surface area contributed by atoms with E-state index in [1.807, 2.05) is 42.5 Å². The molecule has 34 heavy (non-hydrogen) atoms. The number of urea groups is 1. The molecule has 2 fully saturated rings. The fraction of sp³-hybridized carbons (Fsp3) is 0.462. The lowest BCUT2D eigenvalue weighted by atomic mass is 9.85. The number of likely N-dealkylation sites (tertiary alicyclic amines) is 1. The van der Waals surface area contributed by atoms with Crippen LogP contribution in [0.3, 0.4) is 0 Å². The second-order valence-electron chi connectivity index (χ2n) is 9.25. The van der Waals surface area contributed by atoms with E-state index in [0.29, 0.717) is 57.8 Å². The number of ether oxygens (including phenoxy) is 2. The van der Waals surface area contributed by atoms with Gasteiger partial charge in [0.05, 0.1) is 37.3 Å². The van der Waals surface area contributed by atoms with E-state index in [2.05, 4.69) is 10.2 Å². The number of carbonyl (C=O) groups is 1. The summed E-state index contributed by atoms with van der Waals surface area (Å²) in [5, 5.41) is 14.0. The molecule has 0 bridgehead atoms. The molecule has 3 aliphatic rings. The molecule has 2 N–H and O–H groups in total. The van der Waals surface area contributed by atoms with Crippen molar-refractivity contribution in [3.05, 3.63) is 53.6 Å². The Morgan fingerprint density at radius 3 is 2.56 bits per heavy atom. The summed E-state index contributed by atoms with van der Waals surface area (Å²) < 4.78 is 11.1. The maximum Gasteiger partial charge on any atom is 0.322 e. The lowest BCUT2D eigenvalue weighted by Gasteiger charge is -2.38. The second-order valence-corrected chi connectivity index (χ2v) is 9.25. The molecule has 8 nitrogen and oxygen atoms in total. The fourth-order valence-corrected chi connectivity index (χ4v) is 5.05. The summed E-state index contributed by atoms with van der Waals surface area (Å²) in [6, 6.07) is 13.9. The van der Waals surface area contributed by atoms with Crippen molar-refractivity contribution in [2.45, 2.75) is 31.3 Å². The topological polar surface area (TPSA) is 86.6 Å². The van der Waals surface area contributed by atoms with E-state index in [4.69, 9.17) is 14.5 Å². The van der Waals surface area contributed by atoms with Crippen LogP contribution >= 0.6 is 0 Å². The highest BCUT2D eigenvalue weighted by Gasteiger charge is 2.35. The Labute approximate surface area is 200 Å². The van der Waals surface area contributed by atoms with Crippen molar-refractivity contribution >= 4 is 23.2 Å². The van der Waals surface area contributed by atoms with E-state index in [1.165, 1.54) is 0 Å². The number of rotatable bonds is 4. The van der Waals surface area contributed by atoms with Crippen molar-refractivity contribution < 1.29 is 19.4 Å². The van der Waals surface area contributed by atoms with E-state index in [-0.39, 0.29) is 6.03 Å². The first-order valence-corrected chi connectivity index (χ1v) is 12.0. The van der Waals surface area contributed by atoms with Crippen LogP contribution in [0.1, 0.15) is 24.0 Å². The molecular weight excluding hydrogens is 432 g/mol. The molecule has 0 saturated carbocycles. The van der Waals surface area contributed by atoms with Gasteiger partial charge in [-0.1, -0.05) is 30.3 Å². The van der Waals surface area contributed by atoms with Gasteiger partial charge in [-0.15, -0.1) is 0 Å². The van der Waals surface area contributed by atoms with Crippen LogP contribution in [-0.2, 0) is 17.6 Å². The van der Waals surface area contributed by atoms with E-state index in [1.54, 1.807) is 12.0 Å². The highest BCUT2D eigenvalue weighted by atomic mass is 16.5. The first-order chi connectivity index (χ1) is 16.5. The third-order valence-corrected chi connectivity index (χ3v) is 6.99. The van der Waals surface area contributed by atoms with Gasteiger partial charge in [-0.05, 0) is 30.5 Å². The van der Waals surface area contributed by atoms with Gasteiger partial charge in [0.15, 0.2) is 0 Å². The van der Waals surface area contributed by atoms with E-state index in [0.717, 1.165) is 41.3 Å². The molecule has 3 aliphatic heterocycles. The van der Waals surface area contributed by atoms with Crippen molar-refractivity contribution in [1.82, 2.24) is 10.2 Å². The van der Waals surface area contributed by atoms with Crippen molar-refractivity contribution in [3.63, 3.8) is 0 Å². The van der Waals surface area contributed by atoms with E-state index >= 15 is 0 Å². The summed E-state index contributed by atoms with van der Waals surface area (Å²) in [6.07, 6.45) is 2.23. The minimum Gasteiger partial charge on any atom is -0.496 e. The molecule has 0 aliphatic carbocycles. The van der Waals surface area contributed by atoms with Crippen LogP contribution in [0, 0.1) is 0 Å². The summed E-state index contributed by atoms with van der Waals surface area (Å²) in [4.78, 5) is 21.9. The van der Waals surface area contributed by atoms with Crippen LogP contribution in [0.5, 0.6) is 5.75 Å². The SMILES string of the molecule is COc1ccc(N2CCOCC2)c2c1CC(NC(=O)N1CCC(O)(Cc3ccccc3)CC1)=N2. The van der Waals surface area contributed by atoms with Crippen molar-refractivity contribution in [3.8, 4) is 5.75 Å². The molecule has 8 heteroatoms. The predicted octanol–water partition coefficient (Wildman–Crippen LogP) is 2.90. The largest absolute Gasteiger partial charge is 0.496 e. The first-order valence-electron chi connectivity index (χ1n) is 12.0. The van der Waals surface area contributed by atoms with Gasteiger partial charge in [0.1, 0.15) is 11.6 Å². The number of aliphatic hydroxyl groups is 1. The molecule has 0 aromatic heterocycles. The van der Waals surface area contributed by atoms with Crippen LogP contribution < -0.4 is 15.0 Å². The Hall–Kier alpha value is -3.10. The van der Waals surface area contributed by atoms with Gasteiger partial charge >= 0.3 is 6.03 Å². The van der Waals surface area contributed by atoms with Crippen LogP contribution in [0.4, 0.5) is 16.2 Å². The molecule has 2 aromatic rings. The lowest BCUT2D eigenvalue weighted by molar-refractivity contribution is -0.0112. The van der Waals surface area contributed by atoms with Gasteiger partial charge in [-0.3, -0.25) is 5.32 Å². The van der Waals surface area contributed by atoms with E-state index in [9.17, 15) is 9.90 Å². The Morgan fingerprint density at radius 1 is 1.12 bits per heavy atom. The average Bonchev–Trinajstić information content (AvgIpc) is 3.28. The molecular formula is C26H32N4O4. The highest BCUT2D eigenvalue weighted by Crippen LogP contribution is 2.42. The number of nitrogens with zero attached hydrogens (tertiary/aromatic N) is 3. The van der Waals surface area contributed by atoms with Gasteiger partial charge in [-0.2, -0.15) is 0 Å². The number of anilines is 1. The Balaban J connectivity index is 1.23. The molecule has 2 amide bonds. The quantitative estimate of drug-likeness (QED) is 0.727. The minimum atomic E-state index is -0.778. The summed E-state index contributed by atoms with van der Waals surface area (Å²) in [5.74, 6) is 1.41. The van der Waals surface area contributed by atoms with Gasteiger partial charge in [-0.25, -0.2) is 9.79 Å². The maximum atomic E-state index is 13.0. The number of amidine groups is 1. The zero-order valence-electron chi connectivity index (χ0n) is 19.6. The summed E-state index contributed by atoms with van der Waals surface area (Å²) in [6.45, 7) is 4.04. The third-order valence-electron chi connectivity index (χ3n) is 6.99. The Morgan fingerprint density at radius 2 is 1.85 bits per heavy atom. The molecule has 2 saturated heterocycles. The first kappa shape index (κ1) is 22.7. The molecule has 0 unspecified atom stereocenters. The summed E-state index contributed by atoms with van der Waals surface area (Å²) in [7, 11) is 1.66. The number of carbonyl (C=O) groups excluding carboxylic acids is 1. The standard InChI is InChI=1S/C26H32N4O4/c1-33-22-8-7-21(29-13-15-34-16-14-29)24-20(22)17-23(27-24)28-25(31)30-11-9-26(32,10-12-30)18-19-5-3-2-4-6-19/h2-8,32H,9-18H2,1H3,(H,27,28,31). The lowest BCUT2D eigenvalue weighted by Crippen LogP contribution is -2.51. The van der Waals surface area contributed by atoms with Gasteiger partial charge in [0.2, 0.25) is 0 Å². The number of hydrogen-bond donors (Lipinski definition) is 2. The van der Waals surface area contributed by atoms with Gasteiger partial charge < -0.3 is 24.4 Å². The third kappa shape index (κ3) is 4.74. The normalized spacial score (nSPS) is 19.4. The van der Waals surface area contributed by atoms with Crippen LogP contribution in [0.15, 0.2) is 47.5 Å². The number of nitrogens with one attached hydrogen (secondary N) is 1. The number of methoxy groups -OCH3 is 1. The van der Waals surface area contributed by atoms with Crippen LogP contribution in [0.25, 0.3) is 0 Å². The van der Waals surface area contributed by atoms with Crippen molar-refractivity contribution in [1.29, 1.82) is 0 Å². The Kier molecular flexibility index (Phi) is 6.43. The maximum absolute atomic E-state index is 13.0. The van der Waals surface area contributed by atoms with Gasteiger partial charge in [0, 0.05) is 44.6 Å². The Bertz CT molecular complexity index is 1060. The molecule has 0 atom stereocenters. The van der Waals surface area contributed by atoms with Crippen LogP contribution in [0.2, 0.25) is 0 Å². The fourth-order valence-electron chi connectivity index (χ4n) is 5.05. The second kappa shape index (κ2) is 9.64. The van der Waals surface area contributed by atoms with Crippen LogP contribution in [-0.4, -0.2) is 74.0 Å². The molecule has 5 rings (SSSR count). The molecule has 3 heterocycles. The monoisotopic (exact) mass is 464 g/mol. The summed E-state index contributed by atoms with van der Waals surface area (Å²) >= 11 is 0. The number of aliphatic imine (C=N–C) groups is 1. The number of piperidine rings is 1. The molecule has 180 valence electrons. The zero-order valence-corrected chi connectivity index (χ0v) is 19.6. The average molecular weight is 465 g/mol. The predicted molar refractivity (Wildman–Crippen MR) is 131 cm³/mol. The minimum absolute atomic E-state index is 0.166. The van der Waals surface area contributed by atoms with Gasteiger partial charge in [0.25, 0.3) is 0 Å². The molecule has 2 aromatic carbocycles. The summed E-state index contributed by atoms with van der Waals surface area (Å²) in [5.41, 5.74) is 3.25.